The Morgan fingerprint density at radius 3 is 2.79 bits per heavy atom. The van der Waals surface area contributed by atoms with E-state index in [0.29, 0.717) is 22.9 Å². The first-order valence-electron chi connectivity index (χ1n) is 8.80. The third-order valence-electron chi connectivity index (χ3n) is 4.38. The van der Waals surface area contributed by atoms with Gasteiger partial charge in [0.1, 0.15) is 17.8 Å². The van der Waals surface area contributed by atoms with Crippen LogP contribution in [0.2, 0.25) is 0 Å². The van der Waals surface area contributed by atoms with E-state index in [1.807, 2.05) is 30.5 Å². The number of aromatic nitrogens is 3. The number of fused-ring (bicyclic) bond motifs is 1. The van der Waals surface area contributed by atoms with Gasteiger partial charge in [-0.25, -0.2) is 9.97 Å². The van der Waals surface area contributed by atoms with Gasteiger partial charge in [0.2, 0.25) is 0 Å². The number of hydrogen-bond acceptors (Lipinski definition) is 7. The van der Waals surface area contributed by atoms with Crippen LogP contribution in [0, 0.1) is 6.92 Å². The van der Waals surface area contributed by atoms with Crippen molar-refractivity contribution in [2.24, 2.45) is 0 Å². The number of nitrogen functional groups attached to an aromatic ring is 1. The van der Waals surface area contributed by atoms with Crippen molar-refractivity contribution >= 4 is 50.4 Å². The molecule has 0 aliphatic carbocycles. The molecule has 0 fully saturated rings. The molecule has 3 heterocycles. The number of carbonyl (C=O) groups is 1. The van der Waals surface area contributed by atoms with Crippen LogP contribution in [0.1, 0.15) is 21.6 Å². The Kier molecular flexibility index (Phi) is 4.92. The number of nitrogens with zero attached hydrogens (tertiary/aromatic N) is 3. The number of amides is 1. The molecule has 0 aliphatic heterocycles. The molecule has 0 radical (unpaired) electrons. The molecule has 29 heavy (non-hydrogen) atoms. The zero-order chi connectivity index (χ0) is 20.4. The number of pyridine rings is 1. The van der Waals surface area contributed by atoms with Crippen LogP contribution in [0.25, 0.3) is 15.9 Å². The minimum absolute atomic E-state index is 0.268. The molecule has 0 unspecified atom stereocenters. The Morgan fingerprint density at radius 2 is 2.00 bits per heavy atom. The second-order valence-corrected chi connectivity index (χ2v) is 7.27. The highest BCUT2D eigenvalue weighted by Crippen LogP contribution is 2.32. The lowest BCUT2D eigenvalue weighted by Crippen LogP contribution is -2.13. The number of rotatable bonds is 5. The van der Waals surface area contributed by atoms with Crippen molar-refractivity contribution in [3.8, 4) is 0 Å². The molecular weight excluding hydrogens is 384 g/mol. The normalized spacial score (nSPS) is 10.7. The number of carbonyl (C=O) groups excluding carboxylic acids is 1. The first kappa shape index (κ1) is 18.6. The Labute approximate surface area is 171 Å². The van der Waals surface area contributed by atoms with E-state index >= 15 is 0 Å². The van der Waals surface area contributed by atoms with Gasteiger partial charge in [0.05, 0.1) is 10.2 Å². The van der Waals surface area contributed by atoms with Gasteiger partial charge in [-0.3, -0.25) is 9.78 Å². The summed E-state index contributed by atoms with van der Waals surface area (Å²) in [5.41, 5.74) is 11.1. The minimum atomic E-state index is -0.268. The molecule has 4 N–H and O–H groups in total. The highest BCUT2D eigenvalue weighted by molar-refractivity contribution is 7.18. The molecule has 1 amide bonds. The van der Waals surface area contributed by atoms with E-state index in [-0.39, 0.29) is 5.91 Å². The molecule has 0 atom stereocenters. The SMILES string of the molecule is C=C(Nc1cc(NC(=O)c2ccccn2)ccc1C)c1csc2c(N)ncnc12. The van der Waals surface area contributed by atoms with Crippen molar-refractivity contribution in [2.45, 2.75) is 6.92 Å². The topological polar surface area (TPSA) is 106 Å². The summed E-state index contributed by atoms with van der Waals surface area (Å²) < 4.78 is 0.832. The van der Waals surface area contributed by atoms with Gasteiger partial charge in [-0.15, -0.1) is 11.3 Å². The van der Waals surface area contributed by atoms with Gasteiger partial charge in [-0.1, -0.05) is 18.7 Å². The Morgan fingerprint density at radius 1 is 1.14 bits per heavy atom. The predicted molar refractivity (Wildman–Crippen MR) is 118 cm³/mol. The summed E-state index contributed by atoms with van der Waals surface area (Å²) in [5, 5.41) is 8.14. The maximum atomic E-state index is 12.4. The molecular formula is C21H18N6OS. The van der Waals surface area contributed by atoms with Gasteiger partial charge < -0.3 is 16.4 Å². The zero-order valence-corrected chi connectivity index (χ0v) is 16.5. The van der Waals surface area contributed by atoms with Crippen LogP contribution < -0.4 is 16.4 Å². The summed E-state index contributed by atoms with van der Waals surface area (Å²) in [4.78, 5) is 24.8. The molecule has 0 saturated heterocycles. The summed E-state index contributed by atoms with van der Waals surface area (Å²) in [6, 6.07) is 10.8. The molecule has 7 nitrogen and oxygen atoms in total. The monoisotopic (exact) mass is 402 g/mol. The molecule has 1 aromatic carbocycles. The predicted octanol–water partition coefficient (Wildman–Crippen LogP) is 4.31. The number of thiophene rings is 1. The van der Waals surface area contributed by atoms with Gasteiger partial charge in [0.15, 0.2) is 0 Å². The van der Waals surface area contributed by atoms with Crippen molar-refractivity contribution < 1.29 is 4.79 Å². The summed E-state index contributed by atoms with van der Waals surface area (Å²) in [7, 11) is 0. The van der Waals surface area contributed by atoms with Crippen LogP contribution >= 0.6 is 11.3 Å². The molecule has 0 saturated carbocycles. The largest absolute Gasteiger partial charge is 0.382 e. The number of benzene rings is 1. The van der Waals surface area contributed by atoms with E-state index < -0.39 is 0 Å². The third-order valence-corrected chi connectivity index (χ3v) is 5.38. The fourth-order valence-corrected chi connectivity index (χ4v) is 3.78. The molecule has 3 aromatic heterocycles. The average molecular weight is 402 g/mol. The highest BCUT2D eigenvalue weighted by atomic mass is 32.1. The minimum Gasteiger partial charge on any atom is -0.382 e. The van der Waals surface area contributed by atoms with Crippen molar-refractivity contribution in [1.82, 2.24) is 15.0 Å². The summed E-state index contributed by atoms with van der Waals surface area (Å²) >= 11 is 1.48. The van der Waals surface area contributed by atoms with Crippen molar-refractivity contribution in [1.29, 1.82) is 0 Å². The Hall–Kier alpha value is -3.78. The van der Waals surface area contributed by atoms with Gasteiger partial charge in [-0.05, 0) is 36.8 Å². The number of anilines is 3. The molecule has 4 aromatic rings. The number of nitrogens with two attached hydrogens (primary N) is 1. The second-order valence-electron chi connectivity index (χ2n) is 6.39. The lowest BCUT2D eigenvalue weighted by molar-refractivity contribution is 0.102. The molecule has 0 bridgehead atoms. The van der Waals surface area contributed by atoms with E-state index in [0.717, 1.165) is 27.0 Å². The van der Waals surface area contributed by atoms with Gasteiger partial charge >= 0.3 is 0 Å². The lowest BCUT2D eigenvalue weighted by atomic mass is 10.1. The van der Waals surface area contributed by atoms with Gasteiger partial charge in [0, 0.05) is 34.2 Å². The lowest BCUT2D eigenvalue weighted by Gasteiger charge is -2.14. The zero-order valence-electron chi connectivity index (χ0n) is 15.6. The van der Waals surface area contributed by atoms with Gasteiger partial charge in [-0.2, -0.15) is 0 Å². The molecule has 0 aliphatic rings. The Bertz CT molecular complexity index is 1220. The van der Waals surface area contributed by atoms with Crippen LogP contribution in [0.5, 0.6) is 0 Å². The fourth-order valence-electron chi connectivity index (χ4n) is 2.84. The van der Waals surface area contributed by atoms with E-state index in [1.54, 1.807) is 24.4 Å². The Balaban J connectivity index is 1.57. The quantitative estimate of drug-likeness (QED) is 0.459. The molecule has 0 spiro atoms. The fraction of sp³-hybridized carbons (Fsp3) is 0.0476. The number of nitrogens with one attached hydrogen (secondary N) is 2. The van der Waals surface area contributed by atoms with Crippen LogP contribution in [0.3, 0.4) is 0 Å². The van der Waals surface area contributed by atoms with E-state index in [4.69, 9.17) is 5.73 Å². The second kappa shape index (κ2) is 7.69. The van der Waals surface area contributed by atoms with Crippen molar-refractivity contribution in [3.63, 3.8) is 0 Å². The number of aryl methyl sites for hydroxylation is 1. The smallest absolute Gasteiger partial charge is 0.274 e. The first-order chi connectivity index (χ1) is 14.0. The maximum absolute atomic E-state index is 12.4. The maximum Gasteiger partial charge on any atom is 0.274 e. The summed E-state index contributed by atoms with van der Waals surface area (Å²) in [5.74, 6) is 0.185. The summed E-state index contributed by atoms with van der Waals surface area (Å²) in [6.07, 6.45) is 3.03. The standard InChI is InChI=1S/C21H18N6OS/c1-12-6-7-14(27-21(28)16-5-3-4-8-23-16)9-17(12)26-13(2)15-10-29-19-18(15)24-11-25-20(19)22/h3-11,26H,2H2,1H3,(H,27,28)(H2,22,24,25). The first-order valence-corrected chi connectivity index (χ1v) is 9.68. The van der Waals surface area contributed by atoms with Gasteiger partial charge in [0.25, 0.3) is 5.91 Å². The van der Waals surface area contributed by atoms with Crippen LogP contribution in [-0.2, 0) is 0 Å². The van der Waals surface area contributed by atoms with E-state index in [9.17, 15) is 4.79 Å². The van der Waals surface area contributed by atoms with Crippen molar-refractivity contribution in [2.75, 3.05) is 16.4 Å². The average Bonchev–Trinajstić information content (AvgIpc) is 3.17. The van der Waals surface area contributed by atoms with E-state index in [2.05, 4.69) is 32.2 Å². The molecule has 144 valence electrons. The third kappa shape index (κ3) is 3.78. The summed E-state index contributed by atoms with van der Waals surface area (Å²) in [6.45, 7) is 6.13. The molecule has 8 heteroatoms. The highest BCUT2D eigenvalue weighted by Gasteiger charge is 2.13. The van der Waals surface area contributed by atoms with Crippen LogP contribution in [0.4, 0.5) is 17.2 Å². The van der Waals surface area contributed by atoms with Crippen molar-refractivity contribution in [3.05, 3.63) is 77.7 Å². The number of hydrogen-bond donors (Lipinski definition) is 3. The van der Waals surface area contributed by atoms with Crippen LogP contribution in [-0.4, -0.2) is 20.9 Å². The molecule has 4 rings (SSSR count). The van der Waals surface area contributed by atoms with Crippen LogP contribution in [0.15, 0.2) is 60.9 Å². The van der Waals surface area contributed by atoms with E-state index in [1.165, 1.54) is 17.7 Å².